The number of carbonyl (C=O) groups is 1. The zero-order chi connectivity index (χ0) is 14.0. The van der Waals surface area contributed by atoms with Crippen LogP contribution in [0, 0.1) is 18.6 Å². The maximum Gasteiger partial charge on any atom is 0.255 e. The van der Waals surface area contributed by atoms with Crippen LogP contribution in [0.3, 0.4) is 0 Å². The molecule has 0 aliphatic rings. The number of aryl methyl sites for hydroxylation is 1. The van der Waals surface area contributed by atoms with Gasteiger partial charge in [0, 0.05) is 16.3 Å². The van der Waals surface area contributed by atoms with Gasteiger partial charge in [-0.05, 0) is 42.8 Å². The van der Waals surface area contributed by atoms with Crippen LogP contribution in [0.1, 0.15) is 15.9 Å². The molecule has 1 N–H and O–H groups in total. The Morgan fingerprint density at radius 2 is 1.84 bits per heavy atom. The highest BCUT2D eigenvalue weighted by Crippen LogP contribution is 2.20. The van der Waals surface area contributed by atoms with Crippen molar-refractivity contribution in [1.29, 1.82) is 0 Å². The second-order valence-electron chi connectivity index (χ2n) is 4.05. The van der Waals surface area contributed by atoms with E-state index >= 15 is 0 Å². The van der Waals surface area contributed by atoms with Crippen molar-refractivity contribution in [2.45, 2.75) is 6.92 Å². The molecule has 0 aliphatic carbocycles. The summed E-state index contributed by atoms with van der Waals surface area (Å²) in [6.07, 6.45) is 0. The molecule has 98 valence electrons. The maximum absolute atomic E-state index is 13.0. The van der Waals surface area contributed by atoms with Gasteiger partial charge in [0.1, 0.15) is 0 Å². The van der Waals surface area contributed by atoms with Gasteiger partial charge in [-0.3, -0.25) is 4.79 Å². The molecule has 0 saturated carbocycles. The lowest BCUT2D eigenvalue weighted by Crippen LogP contribution is -2.12. The Kier molecular flexibility index (Phi) is 3.81. The Morgan fingerprint density at radius 1 is 1.11 bits per heavy atom. The molecule has 0 radical (unpaired) electrons. The van der Waals surface area contributed by atoms with Crippen LogP contribution in [0.4, 0.5) is 14.5 Å². The smallest absolute Gasteiger partial charge is 0.255 e. The summed E-state index contributed by atoms with van der Waals surface area (Å²) in [5, 5.41) is 3.08. The Morgan fingerprint density at radius 3 is 2.47 bits per heavy atom. The number of benzene rings is 2. The molecule has 0 aliphatic heterocycles. The normalized spacial score (nSPS) is 10.3. The number of anilines is 1. The van der Waals surface area contributed by atoms with Crippen LogP contribution in [-0.4, -0.2) is 5.91 Å². The van der Waals surface area contributed by atoms with Crippen LogP contribution in [0.25, 0.3) is 0 Å². The summed E-state index contributed by atoms with van der Waals surface area (Å²) in [6, 6.07) is 7.99. The van der Waals surface area contributed by atoms with E-state index in [9.17, 15) is 13.6 Å². The van der Waals surface area contributed by atoms with Crippen LogP contribution in [0.15, 0.2) is 36.4 Å². The lowest BCUT2D eigenvalue weighted by Gasteiger charge is -2.07. The quantitative estimate of drug-likeness (QED) is 0.879. The number of hydrogen-bond acceptors (Lipinski definition) is 1. The van der Waals surface area contributed by atoms with E-state index < -0.39 is 17.5 Å². The Balaban J connectivity index is 2.20. The second-order valence-corrected chi connectivity index (χ2v) is 4.45. The summed E-state index contributed by atoms with van der Waals surface area (Å²) < 4.78 is 25.8. The molecule has 0 spiro atoms. The average Bonchev–Trinajstić information content (AvgIpc) is 2.37. The lowest BCUT2D eigenvalue weighted by molar-refractivity contribution is 0.102. The third-order valence-electron chi connectivity index (χ3n) is 2.61. The highest BCUT2D eigenvalue weighted by molar-refractivity contribution is 6.31. The zero-order valence-electron chi connectivity index (χ0n) is 10.0. The van der Waals surface area contributed by atoms with Crippen molar-refractivity contribution in [3.05, 3.63) is 64.2 Å². The first-order valence-electron chi connectivity index (χ1n) is 5.50. The van der Waals surface area contributed by atoms with Crippen LogP contribution in [0.2, 0.25) is 5.02 Å². The van der Waals surface area contributed by atoms with Crippen LogP contribution in [-0.2, 0) is 0 Å². The summed E-state index contributed by atoms with van der Waals surface area (Å²) in [5.41, 5.74) is 1.41. The third-order valence-corrected chi connectivity index (χ3v) is 3.02. The lowest BCUT2D eigenvalue weighted by atomic mass is 10.2. The fourth-order valence-electron chi connectivity index (χ4n) is 1.51. The summed E-state index contributed by atoms with van der Waals surface area (Å²) in [4.78, 5) is 11.8. The number of hydrogen-bond donors (Lipinski definition) is 1. The number of nitrogens with one attached hydrogen (secondary N) is 1. The van der Waals surface area contributed by atoms with Crippen LogP contribution >= 0.6 is 11.6 Å². The van der Waals surface area contributed by atoms with E-state index in [1.807, 2.05) is 6.92 Å². The average molecular weight is 282 g/mol. The first-order valence-corrected chi connectivity index (χ1v) is 5.88. The molecule has 0 unspecified atom stereocenters. The molecule has 2 aromatic carbocycles. The van der Waals surface area contributed by atoms with Crippen molar-refractivity contribution in [2.75, 3.05) is 5.32 Å². The highest BCUT2D eigenvalue weighted by atomic mass is 35.5. The minimum absolute atomic E-state index is 0.0376. The minimum Gasteiger partial charge on any atom is -0.322 e. The molecule has 1 amide bonds. The molecule has 0 fully saturated rings. The Labute approximate surface area is 114 Å². The minimum atomic E-state index is -1.06. The molecule has 19 heavy (non-hydrogen) atoms. The first-order chi connectivity index (χ1) is 8.97. The summed E-state index contributed by atoms with van der Waals surface area (Å²) in [6.45, 7) is 1.84. The fourth-order valence-corrected chi connectivity index (χ4v) is 1.69. The topological polar surface area (TPSA) is 29.1 Å². The Bertz CT molecular complexity index is 643. The Hall–Kier alpha value is -1.94. The number of rotatable bonds is 2. The molecule has 0 atom stereocenters. The maximum atomic E-state index is 13.0. The van der Waals surface area contributed by atoms with Gasteiger partial charge in [-0.1, -0.05) is 17.7 Å². The summed E-state index contributed by atoms with van der Waals surface area (Å²) in [5.74, 6) is -2.58. The van der Waals surface area contributed by atoms with Crippen molar-refractivity contribution in [1.82, 2.24) is 0 Å². The van der Waals surface area contributed by atoms with Gasteiger partial charge in [-0.2, -0.15) is 0 Å². The number of amides is 1. The van der Waals surface area contributed by atoms with Crippen molar-refractivity contribution in [3.63, 3.8) is 0 Å². The molecular formula is C14H10ClF2NO. The monoisotopic (exact) mass is 281 g/mol. The zero-order valence-corrected chi connectivity index (χ0v) is 10.8. The van der Waals surface area contributed by atoms with Crippen molar-refractivity contribution in [2.24, 2.45) is 0 Å². The molecule has 0 bridgehead atoms. The molecule has 0 saturated heterocycles. The van der Waals surface area contributed by atoms with Crippen molar-refractivity contribution < 1.29 is 13.6 Å². The molecule has 0 aromatic heterocycles. The van der Waals surface area contributed by atoms with E-state index in [4.69, 9.17) is 11.6 Å². The molecule has 0 heterocycles. The first kappa shape index (κ1) is 13.5. The molecule has 5 heteroatoms. The van der Waals surface area contributed by atoms with Gasteiger partial charge in [-0.15, -0.1) is 0 Å². The number of halogens is 3. The third kappa shape index (κ3) is 3.09. The predicted octanol–water partition coefficient (Wildman–Crippen LogP) is 4.18. The standard InChI is InChI=1S/C14H10ClF2NO/c1-8-2-4-10(7-11(8)15)18-14(19)9-3-5-12(16)13(17)6-9/h2-7H,1H3,(H,18,19). The number of carbonyl (C=O) groups excluding carboxylic acids is 1. The van der Waals surface area contributed by atoms with E-state index in [0.29, 0.717) is 10.7 Å². The van der Waals surface area contributed by atoms with E-state index in [1.165, 1.54) is 6.07 Å². The van der Waals surface area contributed by atoms with Gasteiger partial charge in [0.05, 0.1) is 0 Å². The van der Waals surface area contributed by atoms with E-state index in [-0.39, 0.29) is 5.56 Å². The van der Waals surface area contributed by atoms with E-state index in [1.54, 1.807) is 18.2 Å². The van der Waals surface area contributed by atoms with E-state index in [0.717, 1.165) is 17.7 Å². The van der Waals surface area contributed by atoms with Gasteiger partial charge in [0.2, 0.25) is 0 Å². The predicted molar refractivity (Wildman–Crippen MR) is 70.5 cm³/mol. The molecule has 2 nitrogen and oxygen atoms in total. The fraction of sp³-hybridized carbons (Fsp3) is 0.0714. The van der Waals surface area contributed by atoms with Gasteiger partial charge in [0.25, 0.3) is 5.91 Å². The van der Waals surface area contributed by atoms with Crippen LogP contribution < -0.4 is 5.32 Å². The second kappa shape index (κ2) is 5.36. The van der Waals surface area contributed by atoms with Crippen LogP contribution in [0.5, 0.6) is 0 Å². The summed E-state index contributed by atoms with van der Waals surface area (Å²) >= 11 is 5.93. The van der Waals surface area contributed by atoms with Gasteiger partial charge >= 0.3 is 0 Å². The summed E-state index contributed by atoms with van der Waals surface area (Å²) in [7, 11) is 0. The van der Waals surface area contributed by atoms with Crippen molar-refractivity contribution >= 4 is 23.2 Å². The molecule has 2 rings (SSSR count). The van der Waals surface area contributed by atoms with Gasteiger partial charge in [0.15, 0.2) is 11.6 Å². The molecule has 2 aromatic rings. The van der Waals surface area contributed by atoms with Gasteiger partial charge < -0.3 is 5.32 Å². The van der Waals surface area contributed by atoms with Crippen molar-refractivity contribution in [3.8, 4) is 0 Å². The highest BCUT2D eigenvalue weighted by Gasteiger charge is 2.10. The van der Waals surface area contributed by atoms with Gasteiger partial charge in [-0.25, -0.2) is 8.78 Å². The van der Waals surface area contributed by atoms with E-state index in [2.05, 4.69) is 5.32 Å². The molecular weight excluding hydrogens is 272 g/mol. The largest absolute Gasteiger partial charge is 0.322 e. The SMILES string of the molecule is Cc1ccc(NC(=O)c2ccc(F)c(F)c2)cc1Cl.